The number of benzene rings is 3. The minimum absolute atomic E-state index is 0.0487. The summed E-state index contributed by atoms with van der Waals surface area (Å²) in [6.45, 7) is 4.89. The number of anilines is 1. The van der Waals surface area contributed by atoms with Crippen LogP contribution in [0.4, 0.5) is 5.69 Å². The lowest BCUT2D eigenvalue weighted by atomic mass is 9.95. The highest BCUT2D eigenvalue weighted by Gasteiger charge is 2.34. The molecule has 0 bridgehead atoms. The zero-order valence-electron chi connectivity index (χ0n) is 24.1. The summed E-state index contributed by atoms with van der Waals surface area (Å²) in [7, 11) is -4.18. The number of hydrogen-bond donors (Lipinski definition) is 1. The average molecular weight is 631 g/mol. The predicted octanol–water partition coefficient (Wildman–Crippen LogP) is 6.67. The second-order valence-corrected chi connectivity index (χ2v) is 13.7. The van der Waals surface area contributed by atoms with Crippen LogP contribution < -0.4 is 9.62 Å². The zero-order valence-corrected chi connectivity index (χ0v) is 26.5. The molecule has 1 N–H and O–H groups in total. The number of hydrogen-bond acceptors (Lipinski definition) is 4. The Morgan fingerprint density at radius 3 is 2.17 bits per heavy atom. The van der Waals surface area contributed by atoms with Crippen LogP contribution in [-0.2, 0) is 26.2 Å². The van der Waals surface area contributed by atoms with Gasteiger partial charge < -0.3 is 10.2 Å². The largest absolute Gasteiger partial charge is 0.352 e. The summed E-state index contributed by atoms with van der Waals surface area (Å²) in [5.74, 6) is -0.789. The minimum Gasteiger partial charge on any atom is -0.352 e. The Bertz CT molecular complexity index is 1510. The van der Waals surface area contributed by atoms with Crippen molar-refractivity contribution in [3.63, 3.8) is 0 Å². The first-order chi connectivity index (χ1) is 20.0. The molecule has 10 heteroatoms. The number of sulfonamides is 1. The molecule has 1 aliphatic carbocycles. The average Bonchev–Trinajstić information content (AvgIpc) is 2.97. The number of amides is 2. The maximum absolute atomic E-state index is 14.1. The summed E-state index contributed by atoms with van der Waals surface area (Å²) in [5.41, 5.74) is 2.59. The van der Waals surface area contributed by atoms with Gasteiger partial charge in [0.2, 0.25) is 11.8 Å². The lowest BCUT2D eigenvalue weighted by molar-refractivity contribution is -0.139. The number of carbonyl (C=O) groups excluding carboxylic acids is 2. The SMILES string of the molecule is Cc1ccc(S(=O)(=O)N(CC(=O)N(Cc2ccc(Cl)cc2)[C@H](C)C(=O)NC2CCCCC2)c2cc(Cl)ccc2C)cc1. The molecule has 1 atom stereocenters. The molecule has 0 spiro atoms. The first-order valence-electron chi connectivity index (χ1n) is 14.2. The lowest BCUT2D eigenvalue weighted by Gasteiger charge is -2.33. The molecule has 2 amide bonds. The van der Waals surface area contributed by atoms with Gasteiger partial charge in [-0.1, -0.05) is 78.4 Å². The van der Waals surface area contributed by atoms with Crippen molar-refractivity contribution in [3.05, 3.63) is 93.5 Å². The van der Waals surface area contributed by atoms with Gasteiger partial charge in [0.05, 0.1) is 10.6 Å². The summed E-state index contributed by atoms with van der Waals surface area (Å²) in [4.78, 5) is 29.1. The van der Waals surface area contributed by atoms with Crippen LogP contribution >= 0.6 is 23.2 Å². The van der Waals surface area contributed by atoms with Crippen LogP contribution in [0.15, 0.2) is 71.6 Å². The fraction of sp³-hybridized carbons (Fsp3) is 0.375. The molecular formula is C32H37Cl2N3O4S. The van der Waals surface area contributed by atoms with Crippen molar-refractivity contribution in [2.24, 2.45) is 0 Å². The van der Waals surface area contributed by atoms with Gasteiger partial charge in [-0.3, -0.25) is 13.9 Å². The Hall–Kier alpha value is -3.07. The molecule has 1 saturated carbocycles. The van der Waals surface area contributed by atoms with E-state index in [9.17, 15) is 18.0 Å². The van der Waals surface area contributed by atoms with E-state index in [-0.39, 0.29) is 23.4 Å². The molecule has 3 aromatic carbocycles. The van der Waals surface area contributed by atoms with Crippen LogP contribution in [0, 0.1) is 13.8 Å². The number of carbonyl (C=O) groups is 2. The molecule has 0 aliphatic heterocycles. The summed E-state index contributed by atoms with van der Waals surface area (Å²) >= 11 is 12.4. The Labute approximate surface area is 258 Å². The minimum atomic E-state index is -4.18. The Morgan fingerprint density at radius 2 is 1.52 bits per heavy atom. The zero-order chi connectivity index (χ0) is 30.4. The fourth-order valence-electron chi connectivity index (χ4n) is 5.14. The normalized spacial score (nSPS) is 14.7. The highest BCUT2D eigenvalue weighted by molar-refractivity contribution is 7.92. The van der Waals surface area contributed by atoms with Gasteiger partial charge in [-0.2, -0.15) is 0 Å². The van der Waals surface area contributed by atoms with Crippen molar-refractivity contribution in [1.29, 1.82) is 0 Å². The van der Waals surface area contributed by atoms with Crippen molar-refractivity contribution >= 4 is 50.7 Å². The summed E-state index contributed by atoms with van der Waals surface area (Å²) < 4.78 is 29.2. The van der Waals surface area contributed by atoms with E-state index in [0.717, 1.165) is 47.5 Å². The number of halogens is 2. The molecule has 7 nitrogen and oxygen atoms in total. The molecule has 1 fully saturated rings. The van der Waals surface area contributed by atoms with E-state index in [1.54, 1.807) is 68.4 Å². The molecule has 0 aromatic heterocycles. The third-order valence-electron chi connectivity index (χ3n) is 7.71. The lowest BCUT2D eigenvalue weighted by Crippen LogP contribution is -2.53. The van der Waals surface area contributed by atoms with E-state index >= 15 is 0 Å². The summed E-state index contributed by atoms with van der Waals surface area (Å²) in [6, 6.07) is 17.6. The molecule has 0 heterocycles. The molecule has 0 radical (unpaired) electrons. The predicted molar refractivity (Wildman–Crippen MR) is 168 cm³/mol. The number of nitrogens with zero attached hydrogens (tertiary/aromatic N) is 2. The summed E-state index contributed by atoms with van der Waals surface area (Å²) in [5, 5.41) is 3.99. The second-order valence-electron chi connectivity index (χ2n) is 10.9. The number of rotatable bonds is 10. The van der Waals surface area contributed by atoms with Crippen molar-refractivity contribution in [1.82, 2.24) is 10.2 Å². The van der Waals surface area contributed by atoms with Crippen molar-refractivity contribution < 1.29 is 18.0 Å². The fourth-order valence-corrected chi connectivity index (χ4v) is 6.90. The van der Waals surface area contributed by atoms with E-state index in [4.69, 9.17) is 23.2 Å². The Morgan fingerprint density at radius 1 is 0.905 bits per heavy atom. The maximum atomic E-state index is 14.1. The highest BCUT2D eigenvalue weighted by Crippen LogP contribution is 2.30. The smallest absolute Gasteiger partial charge is 0.264 e. The first-order valence-corrected chi connectivity index (χ1v) is 16.3. The van der Waals surface area contributed by atoms with Gasteiger partial charge >= 0.3 is 0 Å². The van der Waals surface area contributed by atoms with Crippen LogP contribution in [-0.4, -0.2) is 43.8 Å². The van der Waals surface area contributed by atoms with E-state index in [1.165, 1.54) is 17.0 Å². The van der Waals surface area contributed by atoms with Crippen LogP contribution in [0.2, 0.25) is 10.0 Å². The molecule has 42 heavy (non-hydrogen) atoms. The third kappa shape index (κ3) is 7.85. The number of nitrogens with one attached hydrogen (secondary N) is 1. The quantitative estimate of drug-likeness (QED) is 0.271. The molecule has 0 saturated heterocycles. The van der Waals surface area contributed by atoms with Gasteiger partial charge in [-0.15, -0.1) is 0 Å². The van der Waals surface area contributed by atoms with Crippen LogP contribution in [0.3, 0.4) is 0 Å². The summed E-state index contributed by atoms with van der Waals surface area (Å²) in [6.07, 6.45) is 5.06. The molecule has 0 unspecified atom stereocenters. The van der Waals surface area contributed by atoms with Gasteiger partial charge in [-0.25, -0.2) is 8.42 Å². The molecule has 3 aromatic rings. The Kier molecular flexibility index (Phi) is 10.6. The Balaban J connectivity index is 1.70. The van der Waals surface area contributed by atoms with E-state index in [0.29, 0.717) is 21.3 Å². The van der Waals surface area contributed by atoms with E-state index in [2.05, 4.69) is 5.32 Å². The van der Waals surface area contributed by atoms with Gasteiger partial charge in [0.15, 0.2) is 0 Å². The van der Waals surface area contributed by atoms with E-state index in [1.807, 2.05) is 6.92 Å². The topological polar surface area (TPSA) is 86.8 Å². The van der Waals surface area contributed by atoms with E-state index < -0.39 is 28.5 Å². The molecule has 4 rings (SSSR count). The van der Waals surface area contributed by atoms with Gasteiger partial charge in [0.25, 0.3) is 10.0 Å². The van der Waals surface area contributed by atoms with Crippen molar-refractivity contribution in [3.8, 4) is 0 Å². The molecule has 224 valence electrons. The van der Waals surface area contributed by atoms with Gasteiger partial charge in [0, 0.05) is 22.6 Å². The van der Waals surface area contributed by atoms with Crippen molar-refractivity contribution in [2.45, 2.75) is 76.4 Å². The standard InChI is InChI=1S/C32H37Cl2N3O4S/c1-22-9-17-29(18-10-22)42(40,41)37(30-19-27(34)14-11-23(30)2)21-31(38)36(20-25-12-15-26(33)16-13-25)24(3)32(39)35-28-7-5-4-6-8-28/h9-19,24,28H,4-8,20-21H2,1-3H3,(H,35,39)/t24-/m1/s1. The highest BCUT2D eigenvalue weighted by atomic mass is 35.5. The van der Waals surface area contributed by atoms with Crippen LogP contribution in [0.25, 0.3) is 0 Å². The third-order valence-corrected chi connectivity index (χ3v) is 9.97. The monoisotopic (exact) mass is 629 g/mol. The van der Waals surface area contributed by atoms with Crippen LogP contribution in [0.5, 0.6) is 0 Å². The van der Waals surface area contributed by atoms with Gasteiger partial charge in [0.1, 0.15) is 12.6 Å². The second kappa shape index (κ2) is 13.9. The first kappa shape index (κ1) is 31.9. The van der Waals surface area contributed by atoms with Gasteiger partial charge in [-0.05, 0) is 81.1 Å². The van der Waals surface area contributed by atoms with Crippen molar-refractivity contribution in [2.75, 3.05) is 10.8 Å². The van der Waals surface area contributed by atoms with Crippen LogP contribution in [0.1, 0.15) is 55.7 Å². The molecular weight excluding hydrogens is 593 g/mol. The molecule has 1 aliphatic rings. The maximum Gasteiger partial charge on any atom is 0.264 e. The number of aryl methyl sites for hydroxylation is 2.